The van der Waals surface area contributed by atoms with Crippen LogP contribution in [0.2, 0.25) is 0 Å². The molecule has 0 saturated heterocycles. The minimum absolute atomic E-state index is 0.0461. The van der Waals surface area contributed by atoms with Gasteiger partial charge in [0.2, 0.25) is 0 Å². The Hall–Kier alpha value is -3.36. The summed E-state index contributed by atoms with van der Waals surface area (Å²) in [6.07, 6.45) is 8.62. The number of Topliss-reactive ketones (excluding diaryl/α,β-unsaturated/α-hetero) is 2. The van der Waals surface area contributed by atoms with E-state index in [1.165, 1.54) is 49.9 Å². The van der Waals surface area contributed by atoms with E-state index < -0.39 is 23.5 Å². The Morgan fingerprint density at radius 3 is 1.10 bits per heavy atom. The largest absolute Gasteiger partial charge is 0.475 e. The highest BCUT2D eigenvalue weighted by Gasteiger charge is 2.40. The van der Waals surface area contributed by atoms with Crippen LogP contribution >= 0.6 is 0 Å². The molecule has 0 spiro atoms. The van der Waals surface area contributed by atoms with Gasteiger partial charge in [-0.05, 0) is 68.6 Å². The number of hydrogen-bond donors (Lipinski definition) is 4. The summed E-state index contributed by atoms with van der Waals surface area (Å²) in [6, 6.07) is 15.8. The molecule has 0 amide bonds. The lowest BCUT2D eigenvalue weighted by Crippen LogP contribution is -2.38. The molecule has 39 heavy (non-hydrogen) atoms. The number of carbonyl (C=O) groups is 4. The molecule has 8 heteroatoms. The van der Waals surface area contributed by atoms with Crippen LogP contribution in [0.25, 0.3) is 0 Å². The van der Waals surface area contributed by atoms with Crippen molar-refractivity contribution in [3.8, 4) is 0 Å². The first kappa shape index (κ1) is 31.9. The average Bonchev–Trinajstić information content (AvgIpc) is 2.94. The number of carboxylic acid groups (broad SMARTS) is 2. The van der Waals surface area contributed by atoms with Gasteiger partial charge < -0.3 is 20.4 Å². The van der Waals surface area contributed by atoms with E-state index >= 15 is 0 Å². The van der Waals surface area contributed by atoms with Gasteiger partial charge in [-0.2, -0.15) is 0 Å². The average molecular weight is 541 g/mol. The minimum atomic E-state index is -1.42. The van der Waals surface area contributed by atoms with Crippen molar-refractivity contribution in [3.63, 3.8) is 0 Å². The predicted molar refractivity (Wildman–Crippen MR) is 147 cm³/mol. The van der Waals surface area contributed by atoms with E-state index in [9.17, 15) is 29.4 Å². The summed E-state index contributed by atoms with van der Waals surface area (Å²) in [4.78, 5) is 41.8. The Labute approximate surface area is 229 Å². The number of aliphatic hydroxyl groups excluding tert-OH is 2. The zero-order valence-electron chi connectivity index (χ0n) is 22.7. The smallest absolute Gasteiger partial charge is 0.377 e. The molecule has 2 saturated carbocycles. The molecule has 4 N–H and O–H groups in total. The number of carboxylic acids is 2. The van der Waals surface area contributed by atoms with Gasteiger partial charge in [0.05, 0.1) is 12.2 Å². The topological polar surface area (TPSA) is 149 Å². The highest BCUT2D eigenvalue weighted by Crippen LogP contribution is 2.48. The monoisotopic (exact) mass is 540 g/mol. The standard InChI is InChI=1S/C15H28O2.2C8H6O3/c1-15(2,11-3-7-13(16)8-4-11)12-5-9-14(17)10-6-12;2*9-7(8(10)11)6-4-2-1-3-5-6/h11-14,16-17H,3-10H2,1-2H3;2*1-5H,(H,10,11). The van der Waals surface area contributed by atoms with Gasteiger partial charge in [0, 0.05) is 11.1 Å². The molecule has 8 nitrogen and oxygen atoms in total. The fraction of sp³-hybridized carbons (Fsp3) is 0.484. The van der Waals surface area contributed by atoms with Crippen molar-refractivity contribution in [3.05, 3.63) is 71.8 Å². The first-order valence-corrected chi connectivity index (χ1v) is 13.4. The summed E-state index contributed by atoms with van der Waals surface area (Å²) in [7, 11) is 0. The Morgan fingerprint density at radius 2 is 0.846 bits per heavy atom. The molecule has 2 aromatic rings. The quantitative estimate of drug-likeness (QED) is 0.295. The van der Waals surface area contributed by atoms with Gasteiger partial charge in [0.15, 0.2) is 0 Å². The molecule has 0 aromatic heterocycles. The highest BCUT2D eigenvalue weighted by molar-refractivity contribution is 6.40. The summed E-state index contributed by atoms with van der Waals surface area (Å²) in [5.41, 5.74) is 0.806. The van der Waals surface area contributed by atoms with Crippen LogP contribution in [0.1, 0.15) is 85.9 Å². The number of rotatable bonds is 6. The van der Waals surface area contributed by atoms with Crippen LogP contribution in [0.4, 0.5) is 0 Å². The Morgan fingerprint density at radius 1 is 0.564 bits per heavy atom. The molecule has 212 valence electrons. The third kappa shape index (κ3) is 10.0. The Balaban J connectivity index is 0.000000214. The van der Waals surface area contributed by atoms with Crippen molar-refractivity contribution in [2.75, 3.05) is 0 Å². The first-order chi connectivity index (χ1) is 18.4. The minimum Gasteiger partial charge on any atom is -0.475 e. The lowest BCUT2D eigenvalue weighted by atomic mass is 9.60. The maximum Gasteiger partial charge on any atom is 0.377 e. The van der Waals surface area contributed by atoms with Crippen molar-refractivity contribution in [2.24, 2.45) is 17.3 Å². The molecule has 0 atom stereocenters. The maximum absolute atomic E-state index is 10.7. The van der Waals surface area contributed by atoms with Gasteiger partial charge >= 0.3 is 11.9 Å². The summed E-state index contributed by atoms with van der Waals surface area (Å²) >= 11 is 0. The molecular weight excluding hydrogens is 500 g/mol. The van der Waals surface area contributed by atoms with Crippen LogP contribution in [0.3, 0.4) is 0 Å². The SMILES string of the molecule is CC(C)(C1CCC(O)CC1)C1CCC(O)CC1.O=C(O)C(=O)c1ccccc1.O=C(O)C(=O)c1ccccc1. The molecule has 2 aliphatic rings. The molecule has 0 radical (unpaired) electrons. The molecule has 4 rings (SSSR count). The van der Waals surface area contributed by atoms with Crippen LogP contribution in [0.15, 0.2) is 60.7 Å². The molecule has 0 aliphatic heterocycles. The molecule has 2 fully saturated rings. The van der Waals surface area contributed by atoms with E-state index in [1.807, 2.05) is 0 Å². The molecular formula is C31H40O8. The van der Waals surface area contributed by atoms with Crippen LogP contribution in [0, 0.1) is 17.3 Å². The zero-order valence-corrected chi connectivity index (χ0v) is 22.7. The Bertz CT molecular complexity index is 979. The summed E-state index contributed by atoms with van der Waals surface area (Å²) < 4.78 is 0. The molecule has 0 heterocycles. The highest BCUT2D eigenvalue weighted by atomic mass is 16.4. The van der Waals surface area contributed by atoms with Gasteiger partial charge in [0.25, 0.3) is 11.6 Å². The van der Waals surface area contributed by atoms with Crippen molar-refractivity contribution >= 4 is 23.5 Å². The van der Waals surface area contributed by atoms with Gasteiger partial charge in [-0.3, -0.25) is 9.59 Å². The van der Waals surface area contributed by atoms with Gasteiger partial charge in [-0.25, -0.2) is 9.59 Å². The van der Waals surface area contributed by atoms with Crippen molar-refractivity contribution in [2.45, 2.75) is 77.4 Å². The third-order valence-corrected chi connectivity index (χ3v) is 7.96. The van der Waals surface area contributed by atoms with Crippen LogP contribution < -0.4 is 0 Å². The second-order valence-electron chi connectivity index (χ2n) is 10.8. The Kier molecular flexibility index (Phi) is 12.5. The number of benzene rings is 2. The summed E-state index contributed by atoms with van der Waals surface area (Å²) in [5, 5.41) is 35.8. The van der Waals surface area contributed by atoms with Crippen LogP contribution in [-0.4, -0.2) is 56.1 Å². The molecule has 2 aliphatic carbocycles. The number of carbonyl (C=O) groups excluding carboxylic acids is 2. The summed E-state index contributed by atoms with van der Waals surface area (Å²) in [5.74, 6) is -3.04. The fourth-order valence-corrected chi connectivity index (χ4v) is 5.40. The normalized spacial score (nSPS) is 22.7. The molecule has 0 bridgehead atoms. The van der Waals surface area contributed by atoms with Gasteiger partial charge in [0.1, 0.15) is 0 Å². The number of aliphatic carboxylic acids is 2. The van der Waals surface area contributed by atoms with E-state index in [2.05, 4.69) is 13.8 Å². The van der Waals surface area contributed by atoms with Crippen molar-refractivity contribution < 1.29 is 39.6 Å². The maximum atomic E-state index is 10.7. The van der Waals surface area contributed by atoms with Crippen molar-refractivity contribution in [1.82, 2.24) is 0 Å². The molecule has 0 unspecified atom stereocenters. The van der Waals surface area contributed by atoms with Gasteiger partial charge in [-0.15, -0.1) is 0 Å². The van der Waals surface area contributed by atoms with E-state index in [0.29, 0.717) is 5.41 Å². The molecule has 2 aromatic carbocycles. The number of ketones is 2. The third-order valence-electron chi connectivity index (χ3n) is 7.96. The second-order valence-corrected chi connectivity index (χ2v) is 10.8. The van der Waals surface area contributed by atoms with Crippen molar-refractivity contribution in [1.29, 1.82) is 0 Å². The fourth-order valence-electron chi connectivity index (χ4n) is 5.40. The zero-order chi connectivity index (χ0) is 29.0. The second kappa shape index (κ2) is 15.3. The van der Waals surface area contributed by atoms with E-state index in [0.717, 1.165) is 37.5 Å². The van der Waals surface area contributed by atoms with Crippen LogP contribution in [-0.2, 0) is 9.59 Å². The van der Waals surface area contributed by atoms with E-state index in [-0.39, 0.29) is 23.3 Å². The summed E-state index contributed by atoms with van der Waals surface area (Å²) in [6.45, 7) is 4.83. The lowest BCUT2D eigenvalue weighted by Gasteiger charge is -2.46. The predicted octanol–water partition coefficient (Wildman–Crippen LogP) is 5.02. The van der Waals surface area contributed by atoms with Crippen LogP contribution in [0.5, 0.6) is 0 Å². The van der Waals surface area contributed by atoms with E-state index in [4.69, 9.17) is 10.2 Å². The van der Waals surface area contributed by atoms with E-state index in [1.54, 1.807) is 36.4 Å². The lowest BCUT2D eigenvalue weighted by molar-refractivity contribution is -0.132. The number of aliphatic hydroxyl groups is 2. The number of hydrogen-bond acceptors (Lipinski definition) is 6. The van der Waals surface area contributed by atoms with Gasteiger partial charge in [-0.1, -0.05) is 74.5 Å². The first-order valence-electron chi connectivity index (χ1n) is 13.4.